The number of alkyl halides is 12. The van der Waals surface area contributed by atoms with Gasteiger partial charge >= 0.3 is 30.4 Å². The van der Waals surface area contributed by atoms with Crippen molar-refractivity contribution < 1.29 is 99.3 Å². The quantitative estimate of drug-likeness (QED) is 0.0200. The van der Waals surface area contributed by atoms with Crippen LogP contribution in [0.2, 0.25) is 0 Å². The first-order valence-electron chi connectivity index (χ1n) is 42.4. The number of anilines is 5. The van der Waals surface area contributed by atoms with Crippen molar-refractivity contribution in [2.45, 2.75) is 97.9 Å². The molecule has 0 saturated carbocycles. The minimum absolute atomic E-state index is 0.0112. The van der Waals surface area contributed by atoms with Gasteiger partial charge in [-0.2, -0.15) is 52.7 Å². The number of ether oxygens (including phenoxy) is 3. The highest BCUT2D eigenvalue weighted by atomic mass is 19.4. The third-order valence-corrected chi connectivity index (χ3v) is 20.2. The van der Waals surface area contributed by atoms with Crippen molar-refractivity contribution in [2.75, 3.05) is 16.4 Å². The number of nitrogens with one attached hydrogen (secondary N) is 2. The maximum absolute atomic E-state index is 15.4. The number of phenols is 1. The average molecular weight is 1930 g/mol. The van der Waals surface area contributed by atoms with Crippen molar-refractivity contribution in [1.29, 1.82) is 0 Å². The summed E-state index contributed by atoms with van der Waals surface area (Å²) >= 11 is 0. The number of imidazole rings is 2. The SMILES string of the molecule is CC(C)C=O.CC(C)c1nc2cnc(-c3cccc(C(F)(F)F)c3)nc2n1-c1ccc(O)cc1F.CC(C)c1nc2cnc(-c3cccc(C(F)(F)F)c3)nc2n1-c1ccc(OCc2ccccc2)cc1F.Nc1cnc(-c2cccc(C(F)(F)F)c2)nc1Nc1ccc(OCc2ccccc2)cc1F.O=[N+]([O-])c1cnc(-c2cccc(C(F)(F)F)c2)nc1Nc1ccc(OCc2ccccc2)cc1F. The standard InChI is InChI=1S/C28H22F4N4O.C24H16F4N4O3.C24H18F4N4O.C21H16F4N4O.C4H8O/c1-17(2)26-34-23-15-33-25(19-9-6-10-20(13-19)28(30,31)32)35-27(23)36(26)24-12-11-21(14-22(24)29)37-16-18-7-4-3-5-8-18;25-19-12-18(35-14-15-5-2-1-3-6-15)9-10-20(19)30-23-21(32(33)34)13-29-22(31-23)16-7-4-8-17(11-16)24(26,27)28;25-19-12-18(33-14-15-5-2-1-3-6-15)9-10-21(19)31-23-20(29)13-30-22(32-23)16-7-4-8-17(11-16)24(26,27)28;1-11(2)19-27-16-10-26-18(12-4-3-5-13(8-12)21(23,24)25)28-20(16)29(19)17-7-6-14(30)9-15(17)22;1-4(2)3-5/h3-15,17H,16H2,1-2H3;1-13H,14H2,(H,29,30,31);1-13H,14,29H2,(H,30,31,32);3-11,30H,1-2H3;3-4H,1-2H3. The van der Waals surface area contributed by atoms with E-state index in [1.807, 2.05) is 133 Å². The van der Waals surface area contributed by atoms with Gasteiger partial charge in [0, 0.05) is 64.3 Å². The topological polar surface area (TPSA) is 297 Å². The van der Waals surface area contributed by atoms with Gasteiger partial charge in [0.05, 0.1) is 74.2 Å². The van der Waals surface area contributed by atoms with Crippen molar-refractivity contribution in [3.8, 4) is 79.9 Å². The summed E-state index contributed by atoms with van der Waals surface area (Å²) in [4.78, 5) is 62.5. The Balaban J connectivity index is 0.000000155. The number of aromatic nitrogens is 12. The highest BCUT2D eigenvalue weighted by molar-refractivity contribution is 5.79. The van der Waals surface area contributed by atoms with Gasteiger partial charge in [0.2, 0.25) is 5.82 Å². The first kappa shape index (κ1) is 101. The average Bonchev–Trinajstić information content (AvgIpc) is 1.61. The van der Waals surface area contributed by atoms with E-state index in [4.69, 9.17) is 19.9 Å². The Labute approximate surface area is 787 Å². The van der Waals surface area contributed by atoms with E-state index in [1.54, 1.807) is 22.8 Å². The summed E-state index contributed by atoms with van der Waals surface area (Å²) in [6, 6.07) is 62.9. The number of carbonyl (C=O) groups excluding carboxylic acids is 1. The van der Waals surface area contributed by atoms with Gasteiger partial charge in [-0.1, -0.05) is 181 Å². The van der Waals surface area contributed by atoms with Gasteiger partial charge in [-0.15, -0.1) is 0 Å². The summed E-state index contributed by atoms with van der Waals surface area (Å²) in [7, 11) is 0. The molecule has 0 aliphatic carbocycles. The first-order valence-corrected chi connectivity index (χ1v) is 42.4. The number of nitrogen functional groups attached to an aromatic ring is 1. The van der Waals surface area contributed by atoms with Crippen LogP contribution in [0.25, 0.3) is 79.3 Å². The minimum atomic E-state index is -4.59. The van der Waals surface area contributed by atoms with E-state index in [9.17, 15) is 85.9 Å². The number of halogens is 16. The van der Waals surface area contributed by atoms with Crippen molar-refractivity contribution in [3.05, 3.63) is 370 Å². The molecular weight excluding hydrogens is 1850 g/mol. The molecule has 39 heteroatoms. The Kier molecular flexibility index (Phi) is 31.6. The zero-order valence-corrected chi connectivity index (χ0v) is 74.4. The van der Waals surface area contributed by atoms with Crippen LogP contribution in [0.4, 0.5) is 105 Å². The van der Waals surface area contributed by atoms with Gasteiger partial charge in [-0.25, -0.2) is 67.4 Å². The lowest BCUT2D eigenvalue weighted by molar-refractivity contribution is -0.384. The molecule has 718 valence electrons. The number of nitrogens with two attached hydrogens (primary N) is 1. The van der Waals surface area contributed by atoms with Crippen molar-refractivity contribution in [2.24, 2.45) is 5.92 Å². The van der Waals surface area contributed by atoms with Gasteiger partial charge in [0.25, 0.3) is 0 Å². The smallest absolute Gasteiger partial charge is 0.416 e. The maximum Gasteiger partial charge on any atom is 0.416 e. The number of carbonyl (C=O) groups is 1. The Morgan fingerprint density at radius 2 is 0.714 bits per heavy atom. The number of benzene rings is 11. The van der Waals surface area contributed by atoms with Crippen LogP contribution >= 0.6 is 0 Å². The molecule has 11 aromatic carbocycles. The molecule has 140 heavy (non-hydrogen) atoms. The van der Waals surface area contributed by atoms with E-state index in [0.717, 1.165) is 89.8 Å². The molecule has 17 aromatic rings. The largest absolute Gasteiger partial charge is 0.508 e. The molecule has 0 spiro atoms. The number of nitro groups is 1. The van der Waals surface area contributed by atoms with Crippen LogP contribution in [0.3, 0.4) is 0 Å². The number of phenolic OH excluding ortho intramolecular Hbond substituents is 1. The third kappa shape index (κ3) is 25.9. The summed E-state index contributed by atoms with van der Waals surface area (Å²) in [5.41, 5.74) is 6.91. The second-order valence-electron chi connectivity index (χ2n) is 31.7. The monoisotopic (exact) mass is 1930 g/mol. The fraction of sp³-hybridized carbons (Fsp3) is 0.158. The number of fused-ring (bicyclic) bond motifs is 2. The Morgan fingerprint density at radius 1 is 0.393 bits per heavy atom. The second-order valence-corrected chi connectivity index (χ2v) is 31.7. The number of aromatic hydroxyl groups is 1. The molecule has 0 aliphatic heterocycles. The predicted octanol–water partition coefficient (Wildman–Crippen LogP) is 26.4. The highest BCUT2D eigenvalue weighted by Gasteiger charge is 2.35. The normalized spacial score (nSPS) is 11.5. The number of hydrogen-bond acceptors (Lipinski definition) is 20. The molecule has 17 rings (SSSR count). The third-order valence-electron chi connectivity index (χ3n) is 20.2. The number of rotatable bonds is 23. The molecule has 0 aliphatic rings. The van der Waals surface area contributed by atoms with Crippen molar-refractivity contribution in [1.82, 2.24) is 59.0 Å². The molecule has 6 aromatic heterocycles. The van der Waals surface area contributed by atoms with E-state index < -0.39 is 80.8 Å². The molecule has 6 heterocycles. The molecule has 0 bridgehead atoms. The van der Waals surface area contributed by atoms with Crippen LogP contribution in [-0.4, -0.2) is 75.3 Å². The van der Waals surface area contributed by atoms with E-state index in [-0.39, 0.29) is 134 Å². The fourth-order valence-corrected chi connectivity index (χ4v) is 13.3. The molecule has 5 N–H and O–H groups in total. The molecule has 0 radical (unpaired) electrons. The lowest BCUT2D eigenvalue weighted by atomic mass is 10.1. The number of aldehydes is 1. The highest BCUT2D eigenvalue weighted by Crippen LogP contribution is 2.41. The minimum Gasteiger partial charge on any atom is -0.508 e. The molecule has 0 atom stereocenters. The summed E-state index contributed by atoms with van der Waals surface area (Å²) in [6.45, 7) is 12.1. The lowest BCUT2D eigenvalue weighted by Gasteiger charge is -2.14. The van der Waals surface area contributed by atoms with Gasteiger partial charge in [0.1, 0.15) is 89.6 Å². The summed E-state index contributed by atoms with van der Waals surface area (Å²) < 4.78 is 237. The van der Waals surface area contributed by atoms with E-state index in [0.29, 0.717) is 46.4 Å². The molecule has 0 unspecified atom stereocenters. The lowest BCUT2D eigenvalue weighted by Crippen LogP contribution is -2.07. The fourth-order valence-electron chi connectivity index (χ4n) is 13.3. The maximum atomic E-state index is 15.4. The van der Waals surface area contributed by atoms with Gasteiger partial charge in [-0.05, 0) is 114 Å². The number of hydrogen-bond donors (Lipinski definition) is 4. The molecule has 0 amide bonds. The molecule has 0 fully saturated rings. The van der Waals surface area contributed by atoms with E-state index >= 15 is 4.39 Å². The van der Waals surface area contributed by atoms with Crippen LogP contribution in [-0.2, 0) is 49.3 Å². The first-order chi connectivity index (χ1) is 66.6. The van der Waals surface area contributed by atoms with Crippen LogP contribution in [0.5, 0.6) is 23.0 Å². The molecule has 23 nitrogen and oxygen atoms in total. The summed E-state index contributed by atoms with van der Waals surface area (Å²) in [6.07, 6.45) is -12.2. The van der Waals surface area contributed by atoms with E-state index in [2.05, 4.69) is 60.5 Å². The van der Waals surface area contributed by atoms with E-state index in [1.165, 1.54) is 114 Å². The van der Waals surface area contributed by atoms with Crippen LogP contribution in [0.1, 0.15) is 104 Å². The zero-order valence-electron chi connectivity index (χ0n) is 74.4. The Hall–Kier alpha value is -16.8. The molecule has 0 saturated heterocycles. The summed E-state index contributed by atoms with van der Waals surface area (Å²) in [5.74, 6) is -1.23. The van der Waals surface area contributed by atoms with Gasteiger partial charge < -0.3 is 40.5 Å². The molecular formula is C101H80F16N16O7. The van der Waals surface area contributed by atoms with Crippen LogP contribution in [0, 0.1) is 39.3 Å². The van der Waals surface area contributed by atoms with Crippen molar-refractivity contribution >= 4 is 63.0 Å². The second kappa shape index (κ2) is 43.9. The van der Waals surface area contributed by atoms with Crippen molar-refractivity contribution in [3.63, 3.8) is 0 Å². The van der Waals surface area contributed by atoms with Crippen LogP contribution < -0.4 is 30.6 Å². The predicted molar refractivity (Wildman–Crippen MR) is 493 cm³/mol. The van der Waals surface area contributed by atoms with Gasteiger partial charge in [-0.3, -0.25) is 19.2 Å². The van der Waals surface area contributed by atoms with Gasteiger partial charge in [0.15, 0.2) is 52.0 Å². The number of nitrogens with zero attached hydrogens (tertiary/aromatic N) is 13. The zero-order chi connectivity index (χ0) is 100. The Bertz CT molecular complexity index is 7240. The Morgan fingerprint density at radius 3 is 1.05 bits per heavy atom. The van der Waals surface area contributed by atoms with Crippen LogP contribution in [0.15, 0.2) is 286 Å². The summed E-state index contributed by atoms with van der Waals surface area (Å²) in [5, 5.41) is 26.3.